The summed E-state index contributed by atoms with van der Waals surface area (Å²) in [5.74, 6) is -0.825. The van der Waals surface area contributed by atoms with Crippen molar-refractivity contribution in [3.8, 4) is 0 Å². The number of urea groups is 1. The summed E-state index contributed by atoms with van der Waals surface area (Å²) in [6, 6.07) is 2.82. The summed E-state index contributed by atoms with van der Waals surface area (Å²) in [5.41, 5.74) is 5.98. The average Bonchev–Trinajstić information content (AvgIpc) is 2.70. The zero-order valence-corrected chi connectivity index (χ0v) is 16.3. The van der Waals surface area contributed by atoms with Crippen LogP contribution in [0, 0.1) is 5.82 Å². The molecule has 0 radical (unpaired) electrons. The second-order valence-corrected chi connectivity index (χ2v) is 8.19. The molecule has 0 atom stereocenters. The lowest BCUT2D eigenvalue weighted by molar-refractivity contribution is 0.253. The van der Waals surface area contributed by atoms with Crippen molar-refractivity contribution in [3.05, 3.63) is 60.6 Å². The number of sulfonamides is 1. The number of carbonyl (C=O) groups excluding carboxylic acids is 1. The number of rotatable bonds is 7. The Morgan fingerprint density at radius 3 is 2.61 bits per heavy atom. The van der Waals surface area contributed by atoms with Gasteiger partial charge in [-0.15, -0.1) is 0 Å². The number of anilines is 1. The Bertz CT molecular complexity index is 875. The van der Waals surface area contributed by atoms with Crippen LogP contribution in [-0.2, 0) is 10.0 Å². The van der Waals surface area contributed by atoms with E-state index in [0.29, 0.717) is 18.7 Å². The third-order valence-electron chi connectivity index (χ3n) is 4.26. The molecule has 2 amide bonds. The van der Waals surface area contributed by atoms with Crippen LogP contribution in [0.1, 0.15) is 19.3 Å². The van der Waals surface area contributed by atoms with Crippen molar-refractivity contribution in [2.75, 3.05) is 25.0 Å². The number of amides is 2. The Morgan fingerprint density at radius 2 is 2.00 bits per heavy atom. The second kappa shape index (κ2) is 10.0. The largest absolute Gasteiger partial charge is 0.404 e. The van der Waals surface area contributed by atoms with Gasteiger partial charge in [-0.3, -0.25) is 0 Å². The summed E-state index contributed by atoms with van der Waals surface area (Å²) < 4.78 is 40.9. The number of halogens is 1. The number of nitrogens with one attached hydrogen (secondary N) is 2. The van der Waals surface area contributed by atoms with Gasteiger partial charge in [-0.1, -0.05) is 31.2 Å². The number of piperidine rings is 1. The highest BCUT2D eigenvalue weighted by Gasteiger charge is 2.26. The van der Waals surface area contributed by atoms with Crippen LogP contribution >= 0.6 is 0 Å². The van der Waals surface area contributed by atoms with E-state index in [1.165, 1.54) is 22.6 Å². The van der Waals surface area contributed by atoms with Crippen molar-refractivity contribution in [3.63, 3.8) is 0 Å². The van der Waals surface area contributed by atoms with E-state index in [-0.39, 0.29) is 17.1 Å². The van der Waals surface area contributed by atoms with E-state index in [1.54, 1.807) is 18.2 Å². The van der Waals surface area contributed by atoms with Crippen LogP contribution < -0.4 is 16.4 Å². The van der Waals surface area contributed by atoms with Gasteiger partial charge in [0, 0.05) is 19.6 Å². The van der Waals surface area contributed by atoms with Gasteiger partial charge in [-0.05, 0) is 42.8 Å². The predicted molar refractivity (Wildman–Crippen MR) is 108 cm³/mol. The quantitative estimate of drug-likeness (QED) is 0.603. The van der Waals surface area contributed by atoms with Crippen molar-refractivity contribution in [1.29, 1.82) is 0 Å². The molecule has 0 saturated carbocycles. The SMILES string of the molecule is C=C/C=C\C(=C/N)CNC(=O)Nc1ccc(S(=O)(=O)N2CCCCC2)cc1F. The molecule has 1 aromatic rings. The molecule has 1 aromatic carbocycles. The summed E-state index contributed by atoms with van der Waals surface area (Å²) in [4.78, 5) is 11.8. The smallest absolute Gasteiger partial charge is 0.319 e. The van der Waals surface area contributed by atoms with E-state index < -0.39 is 21.9 Å². The Kier molecular flexibility index (Phi) is 7.77. The van der Waals surface area contributed by atoms with Crippen LogP contribution in [0.15, 0.2) is 59.7 Å². The lowest BCUT2D eigenvalue weighted by Gasteiger charge is -2.26. The standard InChI is InChI=1S/C19H25FN4O3S/c1-2-3-7-15(13-21)14-22-19(25)23-18-9-8-16(12-17(18)20)28(26,27)24-10-5-4-6-11-24/h2-3,7-9,12-13H,1,4-6,10-11,14,21H2,(H2,22,23,25)/b7-3-,15-13+. The first kappa shape index (κ1) is 21.6. The fourth-order valence-electron chi connectivity index (χ4n) is 2.73. The maximum Gasteiger partial charge on any atom is 0.319 e. The molecular weight excluding hydrogens is 383 g/mol. The number of hydrogen-bond acceptors (Lipinski definition) is 4. The first-order valence-electron chi connectivity index (χ1n) is 8.93. The molecule has 1 saturated heterocycles. The second-order valence-electron chi connectivity index (χ2n) is 6.25. The van der Waals surface area contributed by atoms with Crippen LogP contribution in [0.3, 0.4) is 0 Å². The molecule has 4 N–H and O–H groups in total. The number of nitrogens with zero attached hydrogens (tertiary/aromatic N) is 1. The van der Waals surface area contributed by atoms with E-state index in [9.17, 15) is 17.6 Å². The van der Waals surface area contributed by atoms with E-state index in [1.807, 2.05) is 0 Å². The summed E-state index contributed by atoms with van der Waals surface area (Å²) >= 11 is 0. The number of hydrogen-bond donors (Lipinski definition) is 3. The first-order valence-corrected chi connectivity index (χ1v) is 10.4. The van der Waals surface area contributed by atoms with E-state index in [2.05, 4.69) is 17.2 Å². The average molecular weight is 408 g/mol. The molecule has 2 rings (SSSR count). The fourth-order valence-corrected chi connectivity index (χ4v) is 4.26. The van der Waals surface area contributed by atoms with Gasteiger partial charge in [0.2, 0.25) is 10.0 Å². The van der Waals surface area contributed by atoms with Crippen molar-refractivity contribution < 1.29 is 17.6 Å². The monoisotopic (exact) mass is 408 g/mol. The van der Waals surface area contributed by atoms with Gasteiger partial charge < -0.3 is 16.4 Å². The summed E-state index contributed by atoms with van der Waals surface area (Å²) in [5, 5.41) is 4.90. The van der Waals surface area contributed by atoms with Crippen molar-refractivity contribution >= 4 is 21.7 Å². The Hall–Kier alpha value is -2.65. The Morgan fingerprint density at radius 1 is 1.29 bits per heavy atom. The maximum atomic E-state index is 14.4. The fraction of sp³-hybridized carbons (Fsp3) is 0.316. The highest BCUT2D eigenvalue weighted by Crippen LogP contribution is 2.24. The van der Waals surface area contributed by atoms with E-state index in [0.717, 1.165) is 25.3 Å². The molecule has 7 nitrogen and oxygen atoms in total. The molecule has 1 aliphatic heterocycles. The molecule has 0 bridgehead atoms. The van der Waals surface area contributed by atoms with Gasteiger partial charge in [0.15, 0.2) is 0 Å². The lowest BCUT2D eigenvalue weighted by Crippen LogP contribution is -2.35. The number of allylic oxidation sites excluding steroid dienone is 2. The minimum Gasteiger partial charge on any atom is -0.404 e. The Balaban J connectivity index is 2.03. The van der Waals surface area contributed by atoms with Crippen LogP contribution in [-0.4, -0.2) is 38.4 Å². The molecule has 1 aliphatic rings. The molecule has 0 unspecified atom stereocenters. The van der Waals surface area contributed by atoms with Gasteiger partial charge in [0.1, 0.15) is 5.82 Å². The van der Waals surface area contributed by atoms with Gasteiger partial charge in [0.25, 0.3) is 0 Å². The summed E-state index contributed by atoms with van der Waals surface area (Å²) in [6.07, 6.45) is 8.82. The molecule has 9 heteroatoms. The highest BCUT2D eigenvalue weighted by atomic mass is 32.2. The zero-order chi connectivity index (χ0) is 20.6. The maximum absolute atomic E-state index is 14.4. The van der Waals surface area contributed by atoms with Crippen molar-refractivity contribution in [2.24, 2.45) is 5.73 Å². The molecular formula is C19H25FN4O3S. The third-order valence-corrected chi connectivity index (χ3v) is 6.15. The molecule has 28 heavy (non-hydrogen) atoms. The van der Waals surface area contributed by atoms with Gasteiger partial charge in [-0.2, -0.15) is 4.31 Å². The van der Waals surface area contributed by atoms with Crippen LogP contribution in [0.2, 0.25) is 0 Å². The van der Waals surface area contributed by atoms with E-state index in [4.69, 9.17) is 5.73 Å². The topological polar surface area (TPSA) is 105 Å². The predicted octanol–water partition coefficient (Wildman–Crippen LogP) is 2.71. The molecule has 0 aliphatic carbocycles. The van der Waals surface area contributed by atoms with Gasteiger partial charge in [-0.25, -0.2) is 17.6 Å². The van der Waals surface area contributed by atoms with E-state index >= 15 is 0 Å². The Labute approximate surface area is 164 Å². The van der Waals surface area contributed by atoms with Gasteiger partial charge >= 0.3 is 6.03 Å². The first-order chi connectivity index (χ1) is 13.4. The highest BCUT2D eigenvalue weighted by molar-refractivity contribution is 7.89. The lowest BCUT2D eigenvalue weighted by atomic mass is 10.2. The van der Waals surface area contributed by atoms with Crippen LogP contribution in [0.4, 0.5) is 14.9 Å². The number of carbonyl (C=O) groups is 1. The number of benzene rings is 1. The third kappa shape index (κ3) is 5.67. The normalized spacial score (nSPS) is 16.1. The molecule has 152 valence electrons. The van der Waals surface area contributed by atoms with Crippen LogP contribution in [0.25, 0.3) is 0 Å². The molecule has 1 fully saturated rings. The zero-order valence-electron chi connectivity index (χ0n) is 15.5. The van der Waals surface area contributed by atoms with Crippen molar-refractivity contribution in [1.82, 2.24) is 9.62 Å². The van der Waals surface area contributed by atoms with Gasteiger partial charge in [0.05, 0.1) is 10.6 Å². The molecule has 0 aromatic heterocycles. The molecule has 1 heterocycles. The molecule has 0 spiro atoms. The number of nitrogens with two attached hydrogens (primary N) is 1. The minimum absolute atomic E-state index is 0.116. The van der Waals surface area contributed by atoms with Crippen molar-refractivity contribution in [2.45, 2.75) is 24.2 Å². The summed E-state index contributed by atoms with van der Waals surface area (Å²) in [6.45, 7) is 4.54. The minimum atomic E-state index is -3.74. The van der Waals surface area contributed by atoms with Crippen LogP contribution in [0.5, 0.6) is 0 Å². The summed E-state index contributed by atoms with van der Waals surface area (Å²) in [7, 11) is -3.74.